The Kier molecular flexibility index (Phi) is 5.83. The van der Waals surface area contributed by atoms with E-state index < -0.39 is 5.97 Å². The summed E-state index contributed by atoms with van der Waals surface area (Å²) in [6, 6.07) is 0. The fraction of sp³-hybridized carbons (Fsp3) is 0.636. The van der Waals surface area contributed by atoms with Gasteiger partial charge in [-0.05, 0) is 13.3 Å². The van der Waals surface area contributed by atoms with E-state index in [0.29, 0.717) is 6.61 Å². The minimum atomic E-state index is -0.472. The van der Waals surface area contributed by atoms with Gasteiger partial charge in [-0.15, -0.1) is 5.11 Å². The zero-order valence-corrected chi connectivity index (χ0v) is 11.0. The summed E-state index contributed by atoms with van der Waals surface area (Å²) >= 11 is 0. The van der Waals surface area contributed by atoms with Crippen LogP contribution in [0.5, 0.6) is 0 Å². The van der Waals surface area contributed by atoms with Crippen LogP contribution in [-0.4, -0.2) is 41.1 Å². The summed E-state index contributed by atoms with van der Waals surface area (Å²) in [4.78, 5) is 18.2. The van der Waals surface area contributed by atoms with E-state index in [2.05, 4.69) is 27.2 Å². The van der Waals surface area contributed by atoms with Gasteiger partial charge in [-0.1, -0.05) is 18.6 Å². The number of aromatic nitrogens is 2. The molecule has 0 radical (unpaired) electrons. The summed E-state index contributed by atoms with van der Waals surface area (Å²) in [6.45, 7) is 4.98. The smallest absolute Gasteiger partial charge is 0.358 e. The van der Waals surface area contributed by atoms with Crippen LogP contribution in [0.3, 0.4) is 0 Å². The third-order valence-electron chi connectivity index (χ3n) is 2.23. The molecule has 0 bridgehead atoms. The molecule has 0 aliphatic rings. The SMILES string of the molecule is CCCCN(C)/N=N/c1nc[nH]c1C(=O)OCC. The van der Waals surface area contributed by atoms with Crippen LogP contribution in [0.4, 0.5) is 5.82 Å². The lowest BCUT2D eigenvalue weighted by Crippen LogP contribution is -2.11. The molecule has 1 N–H and O–H groups in total. The maximum atomic E-state index is 11.5. The van der Waals surface area contributed by atoms with Gasteiger partial charge in [0.2, 0.25) is 5.82 Å². The Hall–Kier alpha value is -1.92. The first kappa shape index (κ1) is 14.1. The van der Waals surface area contributed by atoms with Crippen LogP contribution in [0.1, 0.15) is 37.2 Å². The molecule has 0 amide bonds. The van der Waals surface area contributed by atoms with E-state index in [9.17, 15) is 4.79 Å². The highest BCUT2D eigenvalue weighted by molar-refractivity contribution is 5.91. The van der Waals surface area contributed by atoms with Crippen LogP contribution in [0.25, 0.3) is 0 Å². The zero-order chi connectivity index (χ0) is 13.4. The lowest BCUT2D eigenvalue weighted by molar-refractivity contribution is 0.0521. The molecule has 1 aromatic heterocycles. The number of unbranched alkanes of at least 4 members (excludes halogenated alkanes) is 1. The predicted molar refractivity (Wildman–Crippen MR) is 66.6 cm³/mol. The summed E-state index contributed by atoms with van der Waals surface area (Å²) in [5.41, 5.74) is 0.226. The van der Waals surface area contributed by atoms with E-state index in [1.807, 2.05) is 7.05 Å². The summed E-state index contributed by atoms with van der Waals surface area (Å²) in [5, 5.41) is 9.62. The first-order valence-corrected chi connectivity index (χ1v) is 6.02. The molecular formula is C11H19N5O2. The van der Waals surface area contributed by atoms with Crippen LogP contribution in [0, 0.1) is 0 Å². The van der Waals surface area contributed by atoms with Crippen molar-refractivity contribution in [2.75, 3.05) is 20.2 Å². The van der Waals surface area contributed by atoms with Gasteiger partial charge in [-0.3, -0.25) is 5.01 Å². The second-order valence-electron chi connectivity index (χ2n) is 3.75. The van der Waals surface area contributed by atoms with E-state index in [-0.39, 0.29) is 11.5 Å². The van der Waals surface area contributed by atoms with E-state index in [1.54, 1.807) is 11.9 Å². The van der Waals surface area contributed by atoms with Gasteiger partial charge >= 0.3 is 5.97 Å². The van der Waals surface area contributed by atoms with E-state index in [1.165, 1.54) is 6.33 Å². The number of aromatic amines is 1. The number of nitrogens with zero attached hydrogens (tertiary/aromatic N) is 4. The molecule has 18 heavy (non-hydrogen) atoms. The Morgan fingerprint density at radius 3 is 3.00 bits per heavy atom. The van der Waals surface area contributed by atoms with Crippen molar-refractivity contribution in [1.29, 1.82) is 0 Å². The standard InChI is InChI=1S/C11H19N5O2/c1-4-6-7-16(3)15-14-10-9(12-8-13-10)11(17)18-5-2/h8H,4-7H2,1-3H3,(H,12,13)/b15-14+. The molecule has 0 spiro atoms. The number of carbonyl (C=O) groups excluding carboxylic acids is 1. The average Bonchev–Trinajstić information content (AvgIpc) is 2.82. The van der Waals surface area contributed by atoms with Gasteiger partial charge in [0.05, 0.1) is 12.9 Å². The van der Waals surface area contributed by atoms with Crippen LogP contribution in [-0.2, 0) is 4.74 Å². The first-order valence-electron chi connectivity index (χ1n) is 6.02. The molecule has 0 aliphatic heterocycles. The largest absolute Gasteiger partial charge is 0.461 e. The highest BCUT2D eigenvalue weighted by atomic mass is 16.5. The number of ether oxygens (including phenoxy) is 1. The minimum Gasteiger partial charge on any atom is -0.461 e. The molecule has 0 aromatic carbocycles. The predicted octanol–water partition coefficient (Wildman–Crippen LogP) is 2.32. The molecule has 1 aromatic rings. The van der Waals surface area contributed by atoms with Crippen LogP contribution in [0.2, 0.25) is 0 Å². The molecular weight excluding hydrogens is 234 g/mol. The highest BCUT2D eigenvalue weighted by Gasteiger charge is 2.15. The number of esters is 1. The van der Waals surface area contributed by atoms with Gasteiger partial charge < -0.3 is 9.72 Å². The number of nitrogens with one attached hydrogen (secondary N) is 1. The number of hydrogen-bond acceptors (Lipinski definition) is 5. The van der Waals surface area contributed by atoms with Gasteiger partial charge in [0.15, 0.2) is 5.69 Å². The van der Waals surface area contributed by atoms with E-state index in [0.717, 1.165) is 19.4 Å². The fourth-order valence-electron chi connectivity index (χ4n) is 1.27. The van der Waals surface area contributed by atoms with Crippen molar-refractivity contribution in [3.8, 4) is 0 Å². The van der Waals surface area contributed by atoms with Gasteiger partial charge in [-0.25, -0.2) is 9.78 Å². The number of imidazole rings is 1. The van der Waals surface area contributed by atoms with Crippen molar-refractivity contribution < 1.29 is 9.53 Å². The Labute approximate surface area is 106 Å². The molecule has 100 valence electrons. The molecule has 0 aliphatic carbocycles. The molecule has 0 saturated carbocycles. The second kappa shape index (κ2) is 7.41. The van der Waals surface area contributed by atoms with Crippen molar-refractivity contribution in [2.24, 2.45) is 10.3 Å². The lowest BCUT2D eigenvalue weighted by atomic mass is 10.3. The number of carbonyl (C=O) groups is 1. The van der Waals surface area contributed by atoms with Gasteiger partial charge in [-0.2, -0.15) is 0 Å². The van der Waals surface area contributed by atoms with Crippen molar-refractivity contribution in [1.82, 2.24) is 15.0 Å². The van der Waals surface area contributed by atoms with E-state index in [4.69, 9.17) is 4.74 Å². The van der Waals surface area contributed by atoms with E-state index >= 15 is 0 Å². The van der Waals surface area contributed by atoms with Crippen molar-refractivity contribution >= 4 is 11.8 Å². The molecule has 0 atom stereocenters. The van der Waals surface area contributed by atoms with Crippen LogP contribution >= 0.6 is 0 Å². The molecule has 7 heteroatoms. The normalized spacial score (nSPS) is 10.8. The number of rotatable bonds is 7. The molecule has 0 fully saturated rings. The zero-order valence-electron chi connectivity index (χ0n) is 11.0. The quantitative estimate of drug-likeness (QED) is 0.459. The Morgan fingerprint density at radius 1 is 1.56 bits per heavy atom. The Bertz CT molecular complexity index is 402. The maximum absolute atomic E-state index is 11.5. The summed E-state index contributed by atoms with van der Waals surface area (Å²) in [6.07, 6.45) is 3.53. The maximum Gasteiger partial charge on any atom is 0.358 e. The second-order valence-corrected chi connectivity index (χ2v) is 3.75. The van der Waals surface area contributed by atoms with Gasteiger partial charge in [0, 0.05) is 13.6 Å². The monoisotopic (exact) mass is 253 g/mol. The molecule has 7 nitrogen and oxygen atoms in total. The Balaban J connectivity index is 2.64. The number of hydrogen-bond donors (Lipinski definition) is 1. The summed E-state index contributed by atoms with van der Waals surface area (Å²) < 4.78 is 4.87. The average molecular weight is 253 g/mol. The molecule has 1 rings (SSSR count). The molecule has 0 saturated heterocycles. The Morgan fingerprint density at radius 2 is 2.33 bits per heavy atom. The number of H-pyrrole nitrogens is 1. The lowest BCUT2D eigenvalue weighted by Gasteiger charge is -2.09. The van der Waals surface area contributed by atoms with Crippen LogP contribution in [0.15, 0.2) is 16.7 Å². The fourth-order valence-corrected chi connectivity index (χ4v) is 1.27. The third-order valence-corrected chi connectivity index (χ3v) is 2.23. The van der Waals surface area contributed by atoms with Gasteiger partial charge in [0.25, 0.3) is 0 Å². The van der Waals surface area contributed by atoms with Crippen molar-refractivity contribution in [3.63, 3.8) is 0 Å². The van der Waals surface area contributed by atoms with Crippen molar-refractivity contribution in [2.45, 2.75) is 26.7 Å². The highest BCUT2D eigenvalue weighted by Crippen LogP contribution is 2.15. The van der Waals surface area contributed by atoms with Crippen molar-refractivity contribution in [3.05, 3.63) is 12.0 Å². The molecule has 0 unspecified atom stereocenters. The van der Waals surface area contributed by atoms with Gasteiger partial charge in [0.1, 0.15) is 0 Å². The molecule has 1 heterocycles. The van der Waals surface area contributed by atoms with Crippen LogP contribution < -0.4 is 0 Å². The first-order chi connectivity index (χ1) is 8.69. The summed E-state index contributed by atoms with van der Waals surface area (Å²) in [5.74, 6) is -0.225. The minimum absolute atomic E-state index is 0.226. The third kappa shape index (κ3) is 4.15. The topological polar surface area (TPSA) is 82.9 Å². The summed E-state index contributed by atoms with van der Waals surface area (Å²) in [7, 11) is 1.83.